The Bertz CT molecular complexity index is 533. The standard InChI is InChI=1S/C13H20N4S/c1-9-10(7-17(5)16-9)11-8-18-12(15-11)6-14-13(2,3)4/h7-8,14H,6H2,1-5H3. The van der Waals surface area contributed by atoms with Gasteiger partial charge in [0.25, 0.3) is 0 Å². The molecule has 0 aliphatic rings. The summed E-state index contributed by atoms with van der Waals surface area (Å²) in [5, 5.41) is 11.0. The minimum absolute atomic E-state index is 0.121. The van der Waals surface area contributed by atoms with E-state index >= 15 is 0 Å². The Morgan fingerprint density at radius 1 is 1.39 bits per heavy atom. The predicted octanol–water partition coefficient (Wildman–Crippen LogP) is 2.74. The molecule has 0 saturated heterocycles. The molecule has 0 bridgehead atoms. The van der Waals surface area contributed by atoms with Crippen LogP contribution in [0.25, 0.3) is 11.3 Å². The number of aromatic nitrogens is 3. The van der Waals surface area contributed by atoms with Crippen LogP contribution in [-0.2, 0) is 13.6 Å². The van der Waals surface area contributed by atoms with Crippen LogP contribution in [0.15, 0.2) is 11.6 Å². The summed E-state index contributed by atoms with van der Waals surface area (Å²) in [6, 6.07) is 0. The maximum absolute atomic E-state index is 4.66. The lowest BCUT2D eigenvalue weighted by molar-refractivity contribution is 0.424. The quantitative estimate of drug-likeness (QED) is 0.927. The Labute approximate surface area is 112 Å². The molecule has 0 aliphatic heterocycles. The summed E-state index contributed by atoms with van der Waals surface area (Å²) in [5.41, 5.74) is 3.29. The highest BCUT2D eigenvalue weighted by molar-refractivity contribution is 7.09. The summed E-state index contributed by atoms with van der Waals surface area (Å²) < 4.78 is 1.83. The van der Waals surface area contributed by atoms with Crippen LogP contribution in [0.4, 0.5) is 0 Å². The molecule has 0 atom stereocenters. The Hall–Kier alpha value is -1.20. The highest BCUT2D eigenvalue weighted by Crippen LogP contribution is 2.24. The average Bonchev–Trinajstić information content (AvgIpc) is 2.81. The molecule has 0 saturated carbocycles. The first-order valence-corrected chi connectivity index (χ1v) is 6.93. The van der Waals surface area contributed by atoms with Gasteiger partial charge in [0.15, 0.2) is 0 Å². The molecule has 0 aromatic carbocycles. The molecule has 5 heteroatoms. The van der Waals surface area contributed by atoms with Crippen molar-refractivity contribution in [2.45, 2.75) is 39.8 Å². The van der Waals surface area contributed by atoms with Crippen LogP contribution in [0.5, 0.6) is 0 Å². The molecule has 4 nitrogen and oxygen atoms in total. The molecule has 0 aliphatic carbocycles. The summed E-state index contributed by atoms with van der Waals surface area (Å²) in [5.74, 6) is 0. The largest absolute Gasteiger partial charge is 0.306 e. The van der Waals surface area contributed by atoms with Gasteiger partial charge in [-0.1, -0.05) is 0 Å². The van der Waals surface area contributed by atoms with E-state index in [4.69, 9.17) is 0 Å². The number of aryl methyl sites for hydroxylation is 2. The van der Waals surface area contributed by atoms with E-state index in [0.717, 1.165) is 28.5 Å². The third kappa shape index (κ3) is 3.17. The lowest BCUT2D eigenvalue weighted by Crippen LogP contribution is -2.34. The first-order valence-electron chi connectivity index (χ1n) is 6.05. The van der Waals surface area contributed by atoms with Crippen LogP contribution < -0.4 is 5.32 Å². The number of rotatable bonds is 3. The van der Waals surface area contributed by atoms with E-state index in [9.17, 15) is 0 Å². The van der Waals surface area contributed by atoms with E-state index in [0.29, 0.717) is 0 Å². The van der Waals surface area contributed by atoms with Gasteiger partial charge < -0.3 is 5.32 Å². The van der Waals surface area contributed by atoms with Gasteiger partial charge in [0.1, 0.15) is 5.01 Å². The molecule has 2 aromatic heterocycles. The van der Waals surface area contributed by atoms with Crippen molar-refractivity contribution in [3.8, 4) is 11.3 Å². The smallest absolute Gasteiger partial charge is 0.107 e. The zero-order valence-corrected chi connectivity index (χ0v) is 12.4. The Morgan fingerprint density at radius 3 is 2.67 bits per heavy atom. The summed E-state index contributed by atoms with van der Waals surface area (Å²) in [6.45, 7) is 9.31. The van der Waals surface area contributed by atoms with E-state index in [2.05, 4.69) is 41.6 Å². The number of hydrogen-bond acceptors (Lipinski definition) is 4. The minimum Gasteiger partial charge on any atom is -0.306 e. The molecule has 2 aromatic rings. The van der Waals surface area contributed by atoms with Gasteiger partial charge in [0, 0.05) is 36.3 Å². The van der Waals surface area contributed by atoms with Crippen molar-refractivity contribution >= 4 is 11.3 Å². The van der Waals surface area contributed by atoms with E-state index < -0.39 is 0 Å². The zero-order chi connectivity index (χ0) is 13.3. The van der Waals surface area contributed by atoms with Crippen LogP contribution >= 0.6 is 11.3 Å². The second-order valence-electron chi connectivity index (χ2n) is 5.53. The first kappa shape index (κ1) is 13.2. The molecule has 0 unspecified atom stereocenters. The molecule has 1 N–H and O–H groups in total. The van der Waals surface area contributed by atoms with E-state index in [1.165, 1.54) is 0 Å². The minimum atomic E-state index is 0.121. The molecule has 0 amide bonds. The van der Waals surface area contributed by atoms with Gasteiger partial charge in [-0.25, -0.2) is 4.98 Å². The molecule has 2 heterocycles. The SMILES string of the molecule is Cc1nn(C)cc1-c1csc(CNC(C)(C)C)n1. The normalized spacial score (nSPS) is 12.1. The van der Waals surface area contributed by atoms with Gasteiger partial charge in [-0.15, -0.1) is 11.3 Å². The van der Waals surface area contributed by atoms with Crippen LogP contribution in [0, 0.1) is 6.92 Å². The predicted molar refractivity (Wildman–Crippen MR) is 75.6 cm³/mol. The summed E-state index contributed by atoms with van der Waals surface area (Å²) in [6.07, 6.45) is 2.02. The fraction of sp³-hybridized carbons (Fsp3) is 0.538. The zero-order valence-electron chi connectivity index (χ0n) is 11.6. The van der Waals surface area contributed by atoms with Gasteiger partial charge in [0.05, 0.1) is 11.4 Å². The van der Waals surface area contributed by atoms with E-state index in [1.54, 1.807) is 11.3 Å². The molecular weight excluding hydrogens is 244 g/mol. The van der Waals surface area contributed by atoms with E-state index in [1.807, 2.05) is 24.9 Å². The van der Waals surface area contributed by atoms with Crippen LogP contribution in [0.1, 0.15) is 31.5 Å². The van der Waals surface area contributed by atoms with Crippen molar-refractivity contribution in [1.29, 1.82) is 0 Å². The Kier molecular flexibility index (Phi) is 3.54. The maximum atomic E-state index is 4.66. The second-order valence-corrected chi connectivity index (χ2v) is 6.47. The fourth-order valence-corrected chi connectivity index (χ4v) is 2.44. The van der Waals surface area contributed by atoms with Crippen molar-refractivity contribution in [1.82, 2.24) is 20.1 Å². The summed E-state index contributed by atoms with van der Waals surface area (Å²) in [7, 11) is 1.94. The summed E-state index contributed by atoms with van der Waals surface area (Å²) >= 11 is 1.69. The molecule has 98 valence electrons. The third-order valence-corrected chi connectivity index (χ3v) is 3.46. The van der Waals surface area contributed by atoms with Crippen molar-refractivity contribution in [3.05, 3.63) is 22.3 Å². The number of hydrogen-bond donors (Lipinski definition) is 1. The Balaban J connectivity index is 2.13. The number of thiazole rings is 1. The Morgan fingerprint density at radius 2 is 2.11 bits per heavy atom. The lowest BCUT2D eigenvalue weighted by atomic mass is 10.1. The van der Waals surface area contributed by atoms with Gasteiger partial charge >= 0.3 is 0 Å². The molecule has 18 heavy (non-hydrogen) atoms. The van der Waals surface area contributed by atoms with Crippen LogP contribution in [-0.4, -0.2) is 20.3 Å². The van der Waals surface area contributed by atoms with Gasteiger partial charge in [-0.05, 0) is 27.7 Å². The third-order valence-electron chi connectivity index (χ3n) is 2.61. The highest BCUT2D eigenvalue weighted by Gasteiger charge is 2.12. The fourth-order valence-electron chi connectivity index (χ4n) is 1.71. The van der Waals surface area contributed by atoms with Gasteiger partial charge in [-0.2, -0.15) is 5.10 Å². The molecule has 0 spiro atoms. The number of nitrogens with zero attached hydrogens (tertiary/aromatic N) is 3. The summed E-state index contributed by atoms with van der Waals surface area (Å²) in [4.78, 5) is 4.66. The first-order chi connectivity index (χ1) is 8.35. The molecule has 0 radical (unpaired) electrons. The second kappa shape index (κ2) is 4.82. The maximum Gasteiger partial charge on any atom is 0.107 e. The molecular formula is C13H20N4S. The lowest BCUT2D eigenvalue weighted by Gasteiger charge is -2.19. The van der Waals surface area contributed by atoms with Crippen molar-refractivity contribution in [3.63, 3.8) is 0 Å². The molecule has 2 rings (SSSR count). The van der Waals surface area contributed by atoms with Crippen LogP contribution in [0.2, 0.25) is 0 Å². The molecule has 0 fully saturated rings. The monoisotopic (exact) mass is 264 g/mol. The highest BCUT2D eigenvalue weighted by atomic mass is 32.1. The van der Waals surface area contributed by atoms with E-state index in [-0.39, 0.29) is 5.54 Å². The van der Waals surface area contributed by atoms with Crippen molar-refractivity contribution < 1.29 is 0 Å². The van der Waals surface area contributed by atoms with Crippen molar-refractivity contribution in [2.75, 3.05) is 0 Å². The van der Waals surface area contributed by atoms with Gasteiger partial charge in [-0.3, -0.25) is 4.68 Å². The topological polar surface area (TPSA) is 42.7 Å². The van der Waals surface area contributed by atoms with Gasteiger partial charge in [0.2, 0.25) is 0 Å². The van der Waals surface area contributed by atoms with Crippen LogP contribution in [0.3, 0.4) is 0 Å². The average molecular weight is 264 g/mol. The van der Waals surface area contributed by atoms with Crippen molar-refractivity contribution in [2.24, 2.45) is 7.05 Å². The number of nitrogens with one attached hydrogen (secondary N) is 1.